The molecule has 0 radical (unpaired) electrons. The lowest BCUT2D eigenvalue weighted by Crippen LogP contribution is -2.20. The van der Waals surface area contributed by atoms with Crippen LogP contribution in [0.25, 0.3) is 0 Å². The fourth-order valence-corrected chi connectivity index (χ4v) is 2.25. The van der Waals surface area contributed by atoms with E-state index >= 15 is 0 Å². The van der Waals surface area contributed by atoms with Crippen LogP contribution in [0, 0.1) is 0 Å². The molecule has 2 aromatic carbocycles. The Morgan fingerprint density at radius 2 is 1.89 bits per heavy atom. The molecule has 1 atom stereocenters. The van der Waals surface area contributed by atoms with Crippen molar-refractivity contribution < 1.29 is 19.7 Å². The van der Waals surface area contributed by atoms with E-state index in [4.69, 9.17) is 4.74 Å². The molecule has 2 aromatic rings. The molecule has 0 fully saturated rings. The number of benzene rings is 2. The standard InChI is InChI=1S/C15H12O4/c16-9-5-6-14-11(7-9)13(18)8-15(19-14)10-3-1-2-4-12(10)17/h1-7,15-17H,8H2. The molecule has 0 saturated heterocycles. The molecule has 96 valence electrons. The van der Waals surface area contributed by atoms with Crippen molar-refractivity contribution in [2.45, 2.75) is 12.5 Å². The average molecular weight is 256 g/mol. The summed E-state index contributed by atoms with van der Waals surface area (Å²) in [4.78, 5) is 12.1. The number of carbonyl (C=O) groups is 1. The zero-order chi connectivity index (χ0) is 13.4. The lowest BCUT2D eigenvalue weighted by atomic mass is 9.95. The Labute approximate surface area is 109 Å². The Kier molecular flexibility index (Phi) is 2.63. The number of ether oxygens (including phenoxy) is 1. The zero-order valence-corrected chi connectivity index (χ0v) is 10.0. The van der Waals surface area contributed by atoms with Gasteiger partial charge in [-0.25, -0.2) is 0 Å². The van der Waals surface area contributed by atoms with Crippen molar-refractivity contribution in [1.29, 1.82) is 0 Å². The monoisotopic (exact) mass is 256 g/mol. The molecule has 3 rings (SSSR count). The maximum absolute atomic E-state index is 12.1. The molecule has 0 aromatic heterocycles. The summed E-state index contributed by atoms with van der Waals surface area (Å²) in [5, 5.41) is 19.2. The summed E-state index contributed by atoms with van der Waals surface area (Å²) in [5.74, 6) is 0.479. The number of para-hydroxylation sites is 1. The summed E-state index contributed by atoms with van der Waals surface area (Å²) in [6.45, 7) is 0. The van der Waals surface area contributed by atoms with Gasteiger partial charge in [0.1, 0.15) is 23.4 Å². The third-order valence-electron chi connectivity index (χ3n) is 3.19. The normalized spacial score (nSPS) is 17.7. The highest BCUT2D eigenvalue weighted by atomic mass is 16.5. The Morgan fingerprint density at radius 1 is 1.11 bits per heavy atom. The van der Waals surface area contributed by atoms with Crippen LogP contribution in [0.15, 0.2) is 42.5 Å². The number of phenols is 2. The Balaban J connectivity index is 2.00. The molecule has 0 bridgehead atoms. The van der Waals surface area contributed by atoms with Gasteiger partial charge in [-0.05, 0) is 24.3 Å². The van der Waals surface area contributed by atoms with Crippen molar-refractivity contribution >= 4 is 5.78 Å². The second-order valence-corrected chi connectivity index (χ2v) is 4.47. The highest BCUT2D eigenvalue weighted by Gasteiger charge is 2.29. The minimum Gasteiger partial charge on any atom is -0.508 e. The van der Waals surface area contributed by atoms with Crippen LogP contribution in [-0.2, 0) is 0 Å². The summed E-state index contributed by atoms with van der Waals surface area (Å²) in [5.41, 5.74) is 0.973. The summed E-state index contributed by atoms with van der Waals surface area (Å²) in [7, 11) is 0. The number of Topliss-reactive ketones (excluding diaryl/α,β-unsaturated/α-hetero) is 1. The molecule has 19 heavy (non-hydrogen) atoms. The maximum Gasteiger partial charge on any atom is 0.170 e. The molecule has 4 heteroatoms. The minimum atomic E-state index is -0.495. The van der Waals surface area contributed by atoms with E-state index in [1.165, 1.54) is 12.1 Å². The number of rotatable bonds is 1. The van der Waals surface area contributed by atoms with Crippen molar-refractivity contribution in [3.8, 4) is 17.2 Å². The van der Waals surface area contributed by atoms with Crippen molar-refractivity contribution in [1.82, 2.24) is 0 Å². The van der Waals surface area contributed by atoms with Gasteiger partial charge in [0.25, 0.3) is 0 Å². The predicted molar refractivity (Wildman–Crippen MR) is 68.5 cm³/mol. The van der Waals surface area contributed by atoms with Crippen molar-refractivity contribution in [3.63, 3.8) is 0 Å². The molecule has 0 aliphatic carbocycles. The quantitative estimate of drug-likeness (QED) is 0.823. The van der Waals surface area contributed by atoms with Crippen molar-refractivity contribution in [2.75, 3.05) is 0 Å². The third-order valence-corrected chi connectivity index (χ3v) is 3.19. The Morgan fingerprint density at radius 3 is 2.68 bits per heavy atom. The molecule has 2 N–H and O–H groups in total. The molecule has 1 aliphatic rings. The molecular weight excluding hydrogens is 244 g/mol. The largest absolute Gasteiger partial charge is 0.508 e. The second kappa shape index (κ2) is 4.31. The fourth-order valence-electron chi connectivity index (χ4n) is 2.25. The van der Waals surface area contributed by atoms with Crippen LogP contribution in [-0.4, -0.2) is 16.0 Å². The van der Waals surface area contributed by atoms with E-state index in [-0.39, 0.29) is 23.7 Å². The summed E-state index contributed by atoms with van der Waals surface area (Å²) >= 11 is 0. The smallest absolute Gasteiger partial charge is 0.170 e. The molecule has 1 heterocycles. The SMILES string of the molecule is O=C1CC(c2ccccc2O)Oc2ccc(O)cc21. The van der Waals surface area contributed by atoms with E-state index in [2.05, 4.69) is 0 Å². The van der Waals surface area contributed by atoms with E-state index in [1.54, 1.807) is 30.3 Å². The van der Waals surface area contributed by atoms with E-state index < -0.39 is 6.10 Å². The molecule has 4 nitrogen and oxygen atoms in total. The van der Waals surface area contributed by atoms with E-state index in [9.17, 15) is 15.0 Å². The zero-order valence-electron chi connectivity index (χ0n) is 10.0. The highest BCUT2D eigenvalue weighted by molar-refractivity contribution is 6.00. The van der Waals surface area contributed by atoms with Crippen molar-refractivity contribution in [2.24, 2.45) is 0 Å². The van der Waals surface area contributed by atoms with Gasteiger partial charge < -0.3 is 14.9 Å². The first kappa shape index (κ1) is 11.6. The Bertz CT molecular complexity index is 648. The summed E-state index contributed by atoms with van der Waals surface area (Å²) in [6, 6.07) is 11.2. The maximum atomic E-state index is 12.1. The first-order valence-electron chi connectivity index (χ1n) is 5.96. The number of ketones is 1. The third kappa shape index (κ3) is 2.01. The molecule has 0 spiro atoms. The van der Waals surface area contributed by atoms with Crippen LogP contribution in [0.5, 0.6) is 17.2 Å². The molecule has 1 unspecified atom stereocenters. The number of hydrogen-bond acceptors (Lipinski definition) is 4. The lowest BCUT2D eigenvalue weighted by Gasteiger charge is -2.26. The topological polar surface area (TPSA) is 66.8 Å². The lowest BCUT2D eigenvalue weighted by molar-refractivity contribution is 0.0846. The number of carbonyl (C=O) groups excluding carboxylic acids is 1. The predicted octanol–water partition coefficient (Wildman–Crippen LogP) is 2.80. The summed E-state index contributed by atoms with van der Waals surface area (Å²) < 4.78 is 5.73. The van der Waals surface area contributed by atoms with Crippen LogP contribution in [0.2, 0.25) is 0 Å². The molecule has 1 aliphatic heterocycles. The van der Waals surface area contributed by atoms with Gasteiger partial charge >= 0.3 is 0 Å². The van der Waals surface area contributed by atoms with Crippen LogP contribution < -0.4 is 4.74 Å². The molecule has 0 saturated carbocycles. The van der Waals surface area contributed by atoms with Gasteiger partial charge in [-0.1, -0.05) is 18.2 Å². The summed E-state index contributed by atoms with van der Waals surface area (Å²) in [6.07, 6.45) is -0.348. The number of aromatic hydroxyl groups is 2. The van der Waals surface area contributed by atoms with Crippen LogP contribution >= 0.6 is 0 Å². The Hall–Kier alpha value is -2.49. The van der Waals surface area contributed by atoms with E-state index in [1.807, 2.05) is 0 Å². The van der Waals surface area contributed by atoms with E-state index in [0.29, 0.717) is 16.9 Å². The number of hydrogen-bond donors (Lipinski definition) is 2. The molecule has 0 amide bonds. The van der Waals surface area contributed by atoms with Gasteiger partial charge in [0.15, 0.2) is 5.78 Å². The first-order valence-corrected chi connectivity index (χ1v) is 5.96. The first-order chi connectivity index (χ1) is 9.15. The number of phenolic OH excluding ortho intramolecular Hbond substituents is 2. The van der Waals surface area contributed by atoms with Crippen LogP contribution in [0.4, 0.5) is 0 Å². The average Bonchev–Trinajstić information content (AvgIpc) is 2.40. The highest BCUT2D eigenvalue weighted by Crippen LogP contribution is 2.38. The van der Waals surface area contributed by atoms with Gasteiger partial charge in [-0.2, -0.15) is 0 Å². The van der Waals surface area contributed by atoms with Crippen molar-refractivity contribution in [3.05, 3.63) is 53.6 Å². The van der Waals surface area contributed by atoms with Crippen LogP contribution in [0.1, 0.15) is 28.4 Å². The van der Waals surface area contributed by atoms with Gasteiger partial charge in [-0.15, -0.1) is 0 Å². The van der Waals surface area contributed by atoms with E-state index in [0.717, 1.165) is 0 Å². The minimum absolute atomic E-state index is 0.0386. The van der Waals surface area contributed by atoms with Crippen LogP contribution in [0.3, 0.4) is 0 Å². The molecular formula is C15H12O4. The number of fused-ring (bicyclic) bond motifs is 1. The van der Waals surface area contributed by atoms with Gasteiger partial charge in [0, 0.05) is 5.56 Å². The van der Waals surface area contributed by atoms with Gasteiger partial charge in [0.2, 0.25) is 0 Å². The fraction of sp³-hybridized carbons (Fsp3) is 0.133. The van der Waals surface area contributed by atoms with Gasteiger partial charge in [-0.3, -0.25) is 4.79 Å². The second-order valence-electron chi connectivity index (χ2n) is 4.47. The van der Waals surface area contributed by atoms with Gasteiger partial charge in [0.05, 0.1) is 12.0 Å².